The maximum atomic E-state index is 5.92. The second kappa shape index (κ2) is 3.85. The Morgan fingerprint density at radius 2 is 1.45 bits per heavy atom. The van der Waals surface area contributed by atoms with Gasteiger partial charge in [0.05, 0.1) is 0 Å². The zero-order chi connectivity index (χ0) is 13.3. The summed E-state index contributed by atoms with van der Waals surface area (Å²) in [5, 5.41) is 7.47. The summed E-state index contributed by atoms with van der Waals surface area (Å²) in [7, 11) is 5.92. The van der Waals surface area contributed by atoms with Crippen LogP contribution in [0.3, 0.4) is 0 Å². The van der Waals surface area contributed by atoms with Gasteiger partial charge in [0.2, 0.25) is 0 Å². The van der Waals surface area contributed by atoms with Gasteiger partial charge in [-0.1, -0.05) is 6.07 Å². The molecule has 0 saturated carbocycles. The number of hydrogen-bond acceptors (Lipinski definition) is 3. The van der Waals surface area contributed by atoms with Crippen molar-refractivity contribution in [2.75, 3.05) is 0 Å². The highest BCUT2D eigenvalue weighted by molar-refractivity contribution is 7.28. The fourth-order valence-electron chi connectivity index (χ4n) is 2.79. The van der Waals surface area contributed by atoms with Gasteiger partial charge >= 0.3 is 0 Å². The first-order chi connectivity index (χ1) is 9.78. The molecular formula is C16H7BS3. The molecule has 0 unspecified atom stereocenters. The Kier molecular flexibility index (Phi) is 2.18. The van der Waals surface area contributed by atoms with Crippen molar-refractivity contribution in [1.82, 2.24) is 0 Å². The normalized spacial score (nSPS) is 12.2. The topological polar surface area (TPSA) is 0 Å². The van der Waals surface area contributed by atoms with Crippen LogP contribution in [-0.4, -0.2) is 7.85 Å². The third-order valence-electron chi connectivity index (χ3n) is 3.70. The van der Waals surface area contributed by atoms with Crippen LogP contribution in [0.4, 0.5) is 0 Å². The van der Waals surface area contributed by atoms with Gasteiger partial charge in [-0.05, 0) is 51.3 Å². The van der Waals surface area contributed by atoms with Crippen LogP contribution < -0.4 is 4.78 Å². The minimum Gasteiger partial charge on any atom is -0.152 e. The number of hydrogen-bond donors (Lipinski definition) is 0. The molecule has 2 aromatic carbocycles. The molecule has 5 aromatic rings. The molecule has 20 heavy (non-hydrogen) atoms. The van der Waals surface area contributed by atoms with Gasteiger partial charge in [0, 0.05) is 29.6 Å². The van der Waals surface area contributed by atoms with Gasteiger partial charge in [-0.3, -0.25) is 0 Å². The van der Waals surface area contributed by atoms with Gasteiger partial charge in [0.25, 0.3) is 0 Å². The van der Waals surface area contributed by atoms with Crippen molar-refractivity contribution >= 4 is 87.0 Å². The zero-order valence-corrected chi connectivity index (χ0v) is 12.8. The van der Waals surface area contributed by atoms with E-state index in [-0.39, 0.29) is 0 Å². The molecule has 0 N–H and O–H groups in total. The summed E-state index contributed by atoms with van der Waals surface area (Å²) in [4.78, 5) is 0. The van der Waals surface area contributed by atoms with E-state index in [0.29, 0.717) is 0 Å². The molecule has 0 atom stereocenters. The van der Waals surface area contributed by atoms with Gasteiger partial charge in [-0.25, -0.2) is 0 Å². The van der Waals surface area contributed by atoms with Gasteiger partial charge in [0.15, 0.2) is 0 Å². The quantitative estimate of drug-likeness (QED) is 0.342. The van der Waals surface area contributed by atoms with Crippen LogP contribution in [0.1, 0.15) is 0 Å². The van der Waals surface area contributed by atoms with E-state index in [4.69, 9.17) is 7.85 Å². The van der Waals surface area contributed by atoms with Crippen LogP contribution in [-0.2, 0) is 0 Å². The van der Waals surface area contributed by atoms with E-state index < -0.39 is 0 Å². The van der Waals surface area contributed by atoms with Crippen LogP contribution in [0.5, 0.6) is 0 Å². The minimum absolute atomic E-state index is 0.891. The zero-order valence-electron chi connectivity index (χ0n) is 10.3. The van der Waals surface area contributed by atoms with Gasteiger partial charge in [-0.2, -0.15) is 11.3 Å². The fraction of sp³-hybridized carbons (Fsp3) is 0. The van der Waals surface area contributed by atoms with E-state index >= 15 is 0 Å². The summed E-state index contributed by atoms with van der Waals surface area (Å²) in [6, 6.07) is 13.5. The van der Waals surface area contributed by atoms with Crippen molar-refractivity contribution in [2.24, 2.45) is 0 Å². The Morgan fingerprint density at radius 1 is 0.700 bits per heavy atom. The third kappa shape index (κ3) is 1.47. The molecule has 0 aliphatic rings. The third-order valence-corrected chi connectivity index (χ3v) is 6.62. The Hall–Kier alpha value is -1.36. The molecule has 0 bridgehead atoms. The average Bonchev–Trinajstić information content (AvgIpc) is 3.08. The minimum atomic E-state index is 0.891. The summed E-state index contributed by atoms with van der Waals surface area (Å²) in [6.07, 6.45) is 0. The molecule has 3 aromatic heterocycles. The lowest BCUT2D eigenvalue weighted by Crippen LogP contribution is -1.88. The van der Waals surface area contributed by atoms with Crippen molar-refractivity contribution in [3.05, 3.63) is 41.8 Å². The Morgan fingerprint density at radius 3 is 2.30 bits per heavy atom. The first kappa shape index (κ1) is 11.3. The van der Waals surface area contributed by atoms with Crippen LogP contribution in [0, 0.1) is 0 Å². The molecule has 4 heteroatoms. The molecule has 0 nitrogen and oxygen atoms in total. The van der Waals surface area contributed by atoms with Crippen molar-refractivity contribution in [1.29, 1.82) is 0 Å². The number of fused-ring (bicyclic) bond motifs is 5. The highest BCUT2D eigenvalue weighted by atomic mass is 32.1. The summed E-state index contributed by atoms with van der Waals surface area (Å²) in [6.45, 7) is 0. The highest BCUT2D eigenvalue weighted by Gasteiger charge is 2.09. The maximum absolute atomic E-state index is 5.92. The van der Waals surface area contributed by atoms with Crippen molar-refractivity contribution < 1.29 is 0 Å². The first-order valence-corrected chi connectivity index (χ1v) is 8.82. The summed E-state index contributed by atoms with van der Waals surface area (Å²) in [5.74, 6) is 0. The fourth-order valence-corrected chi connectivity index (χ4v) is 5.75. The van der Waals surface area contributed by atoms with E-state index in [9.17, 15) is 0 Å². The van der Waals surface area contributed by atoms with Crippen molar-refractivity contribution in [3.63, 3.8) is 0 Å². The molecule has 0 amide bonds. The van der Waals surface area contributed by atoms with E-state index in [0.717, 1.165) is 4.78 Å². The molecular weight excluding hydrogens is 299 g/mol. The standard InChI is InChI=1S/C16H7BS3/c17-16-5-9-4-11-10-3-8-1-2-18-12(8)6-14(10)19-15(11)7-13(9)20-16/h1-7H. The number of rotatable bonds is 0. The Balaban J connectivity index is 2.01. The Bertz CT molecular complexity index is 1110. The molecule has 0 fully saturated rings. The average molecular weight is 306 g/mol. The lowest BCUT2D eigenvalue weighted by Gasteiger charge is -1.94. The predicted octanol–water partition coefficient (Wildman–Crippen LogP) is 5.28. The number of thiophene rings is 3. The summed E-state index contributed by atoms with van der Waals surface area (Å²) < 4.78 is 6.27. The maximum Gasteiger partial charge on any atom is 0.128 e. The highest BCUT2D eigenvalue weighted by Crippen LogP contribution is 2.39. The van der Waals surface area contributed by atoms with Crippen LogP contribution in [0.2, 0.25) is 0 Å². The second-order valence-corrected chi connectivity index (χ2v) is 8.09. The number of benzene rings is 2. The molecule has 3 heterocycles. The van der Waals surface area contributed by atoms with E-state index in [1.807, 2.05) is 22.7 Å². The second-order valence-electron chi connectivity index (χ2n) is 4.94. The largest absolute Gasteiger partial charge is 0.152 e. The van der Waals surface area contributed by atoms with Gasteiger partial charge < -0.3 is 0 Å². The Labute approximate surface area is 128 Å². The van der Waals surface area contributed by atoms with Crippen LogP contribution >= 0.6 is 34.0 Å². The summed E-state index contributed by atoms with van der Waals surface area (Å²) in [5.41, 5.74) is 0. The molecule has 0 spiro atoms. The molecule has 2 radical (unpaired) electrons. The van der Waals surface area contributed by atoms with E-state index in [1.54, 1.807) is 11.3 Å². The lowest BCUT2D eigenvalue weighted by molar-refractivity contribution is 2.03. The van der Waals surface area contributed by atoms with Gasteiger partial charge in [0.1, 0.15) is 7.85 Å². The van der Waals surface area contributed by atoms with E-state index in [2.05, 4.69) is 41.8 Å². The van der Waals surface area contributed by atoms with Crippen molar-refractivity contribution in [3.8, 4) is 0 Å². The molecule has 0 aliphatic heterocycles. The SMILES string of the molecule is [B]c1cc2cc3c(cc2s1)sc1cc2sccc2cc13. The summed E-state index contributed by atoms with van der Waals surface area (Å²) >= 11 is 5.36. The van der Waals surface area contributed by atoms with Gasteiger partial charge in [-0.15, -0.1) is 22.7 Å². The van der Waals surface area contributed by atoms with Crippen LogP contribution in [0.15, 0.2) is 41.8 Å². The van der Waals surface area contributed by atoms with Crippen LogP contribution in [0.25, 0.3) is 40.3 Å². The molecule has 92 valence electrons. The van der Waals surface area contributed by atoms with Crippen molar-refractivity contribution in [2.45, 2.75) is 0 Å². The lowest BCUT2D eigenvalue weighted by atomic mass is 10.1. The first-order valence-electron chi connectivity index (χ1n) is 6.30. The molecule has 0 saturated heterocycles. The molecule has 5 rings (SSSR count). The van der Waals surface area contributed by atoms with E-state index in [1.165, 1.54) is 40.3 Å². The monoisotopic (exact) mass is 306 g/mol. The molecule has 0 aliphatic carbocycles. The predicted molar refractivity (Wildman–Crippen MR) is 95.5 cm³/mol. The smallest absolute Gasteiger partial charge is 0.128 e.